The highest BCUT2D eigenvalue weighted by atomic mass is 32.1. The van der Waals surface area contributed by atoms with Crippen LogP contribution >= 0.6 is 11.3 Å². The average Bonchev–Trinajstić information content (AvgIpc) is 3.24. The van der Waals surface area contributed by atoms with Crippen molar-refractivity contribution >= 4 is 28.2 Å². The van der Waals surface area contributed by atoms with E-state index in [4.69, 9.17) is 4.74 Å². The van der Waals surface area contributed by atoms with Crippen LogP contribution in [0.5, 0.6) is 0 Å². The lowest BCUT2D eigenvalue weighted by Gasteiger charge is -2.17. The Labute approximate surface area is 158 Å². The number of carbonyl (C=O) groups is 2. The van der Waals surface area contributed by atoms with E-state index in [2.05, 4.69) is 18.3 Å². The van der Waals surface area contributed by atoms with E-state index in [0.29, 0.717) is 28.8 Å². The molecule has 6 heteroatoms. The number of hydrogen-bond acceptors (Lipinski definition) is 5. The molecule has 2 aliphatic rings. The van der Waals surface area contributed by atoms with Crippen LogP contribution in [0.4, 0.5) is 5.00 Å². The van der Waals surface area contributed by atoms with Crippen molar-refractivity contribution in [2.24, 2.45) is 11.8 Å². The molecule has 2 aliphatic carbocycles. The van der Waals surface area contributed by atoms with E-state index in [-0.39, 0.29) is 18.5 Å². The molecule has 0 bridgehead atoms. The number of hydrogen-bond donors (Lipinski definition) is 1. The zero-order chi connectivity index (χ0) is 18.5. The minimum absolute atomic E-state index is 0.284. The maximum atomic E-state index is 12.1. The Morgan fingerprint density at radius 1 is 1.31 bits per heavy atom. The van der Waals surface area contributed by atoms with Crippen LogP contribution in [-0.4, -0.2) is 18.5 Å². The summed E-state index contributed by atoms with van der Waals surface area (Å²) in [6.07, 6.45) is 9.08. The van der Waals surface area contributed by atoms with Crippen LogP contribution in [0.3, 0.4) is 0 Å². The number of carbonyl (C=O) groups excluding carboxylic acids is 2. The van der Waals surface area contributed by atoms with E-state index in [0.717, 1.165) is 31.2 Å². The number of fused-ring (bicyclic) bond motifs is 1. The zero-order valence-corrected chi connectivity index (χ0v) is 16.1. The van der Waals surface area contributed by atoms with Crippen LogP contribution in [0.25, 0.3) is 0 Å². The van der Waals surface area contributed by atoms with Crippen LogP contribution in [-0.2, 0) is 27.2 Å². The Morgan fingerprint density at radius 3 is 2.81 bits per heavy atom. The van der Waals surface area contributed by atoms with Gasteiger partial charge >= 0.3 is 5.97 Å². The molecule has 0 aromatic carbocycles. The van der Waals surface area contributed by atoms with Gasteiger partial charge in [0.05, 0.1) is 5.56 Å². The lowest BCUT2D eigenvalue weighted by atomic mass is 9.89. The molecule has 1 aromatic heterocycles. The van der Waals surface area contributed by atoms with Crippen molar-refractivity contribution in [2.75, 3.05) is 11.9 Å². The Bertz CT molecular complexity index is 713. The van der Waals surface area contributed by atoms with Gasteiger partial charge in [-0.3, -0.25) is 9.59 Å². The SMILES string of the molecule is CC1CCc2c(sc(NC(=O)COC(=O)CCC3CCCC3)c2C#N)C1. The molecule has 1 aromatic rings. The topological polar surface area (TPSA) is 79.2 Å². The molecular weight excluding hydrogens is 348 g/mol. The average molecular weight is 375 g/mol. The van der Waals surface area contributed by atoms with E-state index < -0.39 is 0 Å². The number of amides is 1. The van der Waals surface area contributed by atoms with Crippen molar-refractivity contribution in [3.63, 3.8) is 0 Å². The highest BCUT2D eigenvalue weighted by molar-refractivity contribution is 7.16. The second-order valence-corrected chi connectivity index (χ2v) is 8.67. The van der Waals surface area contributed by atoms with Crippen LogP contribution in [0.15, 0.2) is 0 Å². The van der Waals surface area contributed by atoms with E-state index in [1.807, 2.05) is 0 Å². The molecular formula is C20H26N2O3S. The standard InChI is InChI=1S/C20H26N2O3S/c1-13-6-8-15-16(11-21)20(26-17(15)10-13)22-18(23)12-25-19(24)9-7-14-4-2-3-5-14/h13-14H,2-10,12H2,1H3,(H,22,23). The predicted molar refractivity (Wildman–Crippen MR) is 101 cm³/mol. The van der Waals surface area contributed by atoms with Gasteiger partial charge < -0.3 is 10.1 Å². The first kappa shape index (κ1) is 18.9. The third kappa shape index (κ3) is 4.64. The van der Waals surface area contributed by atoms with Crippen LogP contribution in [0, 0.1) is 23.2 Å². The highest BCUT2D eigenvalue weighted by Gasteiger charge is 2.25. The number of rotatable bonds is 6. The highest BCUT2D eigenvalue weighted by Crippen LogP contribution is 2.39. The van der Waals surface area contributed by atoms with E-state index in [9.17, 15) is 14.9 Å². The summed E-state index contributed by atoms with van der Waals surface area (Å²) in [5.41, 5.74) is 1.66. The van der Waals surface area contributed by atoms with E-state index in [1.165, 1.54) is 41.9 Å². The predicted octanol–water partition coefficient (Wildman–Crippen LogP) is 4.20. The van der Waals surface area contributed by atoms with E-state index in [1.54, 1.807) is 0 Å². The Balaban J connectivity index is 1.49. The summed E-state index contributed by atoms with van der Waals surface area (Å²) in [7, 11) is 0. The van der Waals surface area contributed by atoms with Crippen molar-refractivity contribution in [1.82, 2.24) is 0 Å². The number of anilines is 1. The molecule has 1 fully saturated rings. The number of ether oxygens (including phenoxy) is 1. The number of nitrogens with one attached hydrogen (secondary N) is 1. The van der Waals surface area contributed by atoms with Gasteiger partial charge in [0.2, 0.25) is 0 Å². The van der Waals surface area contributed by atoms with Gasteiger partial charge in [0.1, 0.15) is 11.1 Å². The molecule has 26 heavy (non-hydrogen) atoms. The maximum absolute atomic E-state index is 12.1. The minimum Gasteiger partial charge on any atom is -0.456 e. The summed E-state index contributed by atoms with van der Waals surface area (Å²) in [6.45, 7) is 1.92. The molecule has 0 spiro atoms. The van der Waals surface area contributed by atoms with Crippen molar-refractivity contribution in [3.05, 3.63) is 16.0 Å². The number of nitrogens with zero attached hydrogens (tertiary/aromatic N) is 1. The second-order valence-electron chi connectivity index (χ2n) is 7.57. The maximum Gasteiger partial charge on any atom is 0.306 e. The summed E-state index contributed by atoms with van der Waals surface area (Å²) in [5, 5.41) is 12.8. The molecule has 0 saturated heterocycles. The first-order valence-corrected chi connectivity index (χ1v) is 10.4. The van der Waals surface area contributed by atoms with Crippen molar-refractivity contribution in [2.45, 2.75) is 64.7 Å². The van der Waals surface area contributed by atoms with Crippen molar-refractivity contribution < 1.29 is 14.3 Å². The van der Waals surface area contributed by atoms with Crippen LogP contribution in [0.1, 0.15) is 67.9 Å². The Kier molecular flexibility index (Phi) is 6.31. The smallest absolute Gasteiger partial charge is 0.306 e. The second kappa shape index (κ2) is 8.68. The van der Waals surface area contributed by atoms with Gasteiger partial charge in [0.25, 0.3) is 5.91 Å². The van der Waals surface area contributed by atoms with Gasteiger partial charge in [-0.25, -0.2) is 0 Å². The lowest BCUT2D eigenvalue weighted by molar-refractivity contribution is -0.147. The van der Waals surface area contributed by atoms with E-state index >= 15 is 0 Å². The summed E-state index contributed by atoms with van der Waals surface area (Å²) >= 11 is 1.49. The fourth-order valence-corrected chi connectivity index (χ4v) is 5.34. The number of thiophene rings is 1. The van der Waals surface area contributed by atoms with Gasteiger partial charge in [0, 0.05) is 11.3 Å². The van der Waals surface area contributed by atoms with Crippen LogP contribution < -0.4 is 5.32 Å². The van der Waals surface area contributed by atoms with Gasteiger partial charge in [-0.2, -0.15) is 5.26 Å². The largest absolute Gasteiger partial charge is 0.456 e. The van der Waals surface area contributed by atoms with Gasteiger partial charge in [-0.05, 0) is 43.1 Å². The summed E-state index contributed by atoms with van der Waals surface area (Å²) < 4.78 is 5.10. The first-order valence-electron chi connectivity index (χ1n) is 9.57. The summed E-state index contributed by atoms with van der Waals surface area (Å²) in [4.78, 5) is 25.2. The van der Waals surface area contributed by atoms with Gasteiger partial charge in [0.15, 0.2) is 6.61 Å². The van der Waals surface area contributed by atoms with Gasteiger partial charge in [-0.15, -0.1) is 11.3 Å². The first-order chi connectivity index (χ1) is 12.6. The minimum atomic E-state index is -0.373. The van der Waals surface area contributed by atoms with Crippen molar-refractivity contribution in [1.29, 1.82) is 5.26 Å². The third-order valence-corrected chi connectivity index (χ3v) is 6.64. The number of nitriles is 1. The molecule has 3 rings (SSSR count). The molecule has 1 unspecified atom stereocenters. The molecule has 1 atom stereocenters. The summed E-state index contributed by atoms with van der Waals surface area (Å²) in [5.74, 6) is 0.556. The fourth-order valence-electron chi connectivity index (χ4n) is 3.96. The fraction of sp³-hybridized carbons (Fsp3) is 0.650. The van der Waals surface area contributed by atoms with Crippen LogP contribution in [0.2, 0.25) is 0 Å². The van der Waals surface area contributed by atoms with Crippen molar-refractivity contribution in [3.8, 4) is 6.07 Å². The quantitative estimate of drug-likeness (QED) is 0.757. The molecule has 1 N–H and O–H groups in total. The molecule has 1 saturated carbocycles. The molecule has 1 amide bonds. The molecule has 0 aliphatic heterocycles. The molecule has 1 heterocycles. The Morgan fingerprint density at radius 2 is 2.08 bits per heavy atom. The zero-order valence-electron chi connectivity index (χ0n) is 15.3. The third-order valence-electron chi connectivity index (χ3n) is 5.47. The molecule has 5 nitrogen and oxygen atoms in total. The molecule has 140 valence electrons. The summed E-state index contributed by atoms with van der Waals surface area (Å²) in [6, 6.07) is 2.23. The Hall–Kier alpha value is -1.87. The monoisotopic (exact) mass is 374 g/mol. The lowest BCUT2D eigenvalue weighted by Crippen LogP contribution is -2.21. The normalized spacial score (nSPS) is 19.6. The molecule has 0 radical (unpaired) electrons. The number of esters is 1. The van der Waals surface area contributed by atoms with Gasteiger partial charge in [-0.1, -0.05) is 32.6 Å².